The quantitative estimate of drug-likeness (QED) is 0.739. The molecule has 124 valence electrons. The monoisotopic (exact) mass is 354 g/mol. The zero-order valence-corrected chi connectivity index (χ0v) is 12.0. The van der Waals surface area contributed by atoms with E-state index in [4.69, 9.17) is 11.6 Å². The Labute approximate surface area is 132 Å². The van der Waals surface area contributed by atoms with E-state index in [0.717, 1.165) is 24.3 Å². The van der Waals surface area contributed by atoms with Gasteiger partial charge in [-0.3, -0.25) is 0 Å². The molecular formula is C15H9ClF6O. The summed E-state index contributed by atoms with van der Waals surface area (Å²) >= 11 is 5.63. The van der Waals surface area contributed by atoms with Crippen LogP contribution in [0.15, 0.2) is 48.5 Å². The van der Waals surface area contributed by atoms with Crippen molar-refractivity contribution in [1.82, 2.24) is 0 Å². The van der Waals surface area contributed by atoms with Gasteiger partial charge in [0.1, 0.15) is 0 Å². The Morgan fingerprint density at radius 3 is 1.70 bits per heavy atom. The highest BCUT2D eigenvalue weighted by Gasteiger charge is 2.56. The first-order valence-electron chi connectivity index (χ1n) is 6.19. The molecule has 0 saturated heterocycles. The third-order valence-electron chi connectivity index (χ3n) is 3.26. The van der Waals surface area contributed by atoms with Crippen molar-refractivity contribution in [2.75, 3.05) is 0 Å². The topological polar surface area (TPSA) is 20.2 Å². The predicted octanol–water partition coefficient (Wildman–Crippen LogP) is 5.16. The molecule has 0 amide bonds. The van der Waals surface area contributed by atoms with Gasteiger partial charge in [-0.25, -0.2) is 0 Å². The smallest absolute Gasteiger partial charge is 0.372 e. The summed E-state index contributed by atoms with van der Waals surface area (Å²) in [6, 6.07) is 6.74. The first-order chi connectivity index (χ1) is 10.5. The van der Waals surface area contributed by atoms with E-state index in [-0.39, 0.29) is 11.1 Å². The lowest BCUT2D eigenvalue weighted by atomic mass is 9.85. The summed E-state index contributed by atoms with van der Waals surface area (Å²) in [5.41, 5.74) is -6.52. The van der Waals surface area contributed by atoms with Gasteiger partial charge in [-0.15, -0.1) is 0 Å². The first kappa shape index (κ1) is 17.6. The van der Waals surface area contributed by atoms with Gasteiger partial charge in [0.05, 0.1) is 5.56 Å². The molecular weight excluding hydrogens is 346 g/mol. The third-order valence-corrected chi connectivity index (χ3v) is 3.50. The second kappa shape index (κ2) is 5.72. The normalized spacial score (nSPS) is 15.3. The fourth-order valence-electron chi connectivity index (χ4n) is 2.13. The second-order valence-electron chi connectivity index (χ2n) is 4.80. The number of halogens is 7. The number of rotatable bonds is 2. The highest BCUT2D eigenvalue weighted by molar-refractivity contribution is 6.30. The molecule has 0 aliphatic carbocycles. The minimum atomic E-state index is -5.25. The van der Waals surface area contributed by atoms with Crippen LogP contribution < -0.4 is 0 Å². The largest absolute Gasteiger partial charge is 0.425 e. The minimum Gasteiger partial charge on any atom is -0.372 e. The molecule has 2 rings (SSSR count). The van der Waals surface area contributed by atoms with E-state index < -0.39 is 34.6 Å². The Morgan fingerprint density at radius 2 is 1.22 bits per heavy atom. The zero-order valence-electron chi connectivity index (χ0n) is 11.2. The van der Waals surface area contributed by atoms with E-state index in [9.17, 15) is 31.4 Å². The van der Waals surface area contributed by atoms with Crippen molar-refractivity contribution in [2.45, 2.75) is 18.0 Å². The molecule has 0 bridgehead atoms. The molecule has 0 aliphatic heterocycles. The van der Waals surface area contributed by atoms with Gasteiger partial charge in [0.2, 0.25) is 5.60 Å². The molecule has 1 N–H and O–H groups in total. The molecule has 8 heteroatoms. The molecule has 0 aliphatic rings. The molecule has 2 aromatic carbocycles. The molecule has 1 nitrogen and oxygen atoms in total. The number of hydrogen-bond donors (Lipinski definition) is 1. The second-order valence-corrected chi connectivity index (χ2v) is 5.23. The molecule has 0 saturated carbocycles. The van der Waals surface area contributed by atoms with Crippen molar-refractivity contribution in [1.29, 1.82) is 0 Å². The van der Waals surface area contributed by atoms with Crippen LogP contribution in [-0.2, 0) is 11.8 Å². The van der Waals surface area contributed by atoms with Crippen molar-refractivity contribution in [3.8, 4) is 0 Å². The molecule has 0 radical (unpaired) electrons. The molecule has 1 atom stereocenters. The average Bonchev–Trinajstić information content (AvgIpc) is 2.44. The van der Waals surface area contributed by atoms with Crippen molar-refractivity contribution in [2.24, 2.45) is 0 Å². The Morgan fingerprint density at radius 1 is 0.739 bits per heavy atom. The lowest BCUT2D eigenvalue weighted by Gasteiger charge is -2.32. The van der Waals surface area contributed by atoms with Gasteiger partial charge in [-0.2, -0.15) is 26.3 Å². The molecule has 0 spiro atoms. The van der Waals surface area contributed by atoms with Crippen LogP contribution in [0.25, 0.3) is 0 Å². The molecule has 0 fully saturated rings. The Balaban J connectivity index is 2.70. The highest BCUT2D eigenvalue weighted by atomic mass is 35.5. The van der Waals surface area contributed by atoms with Gasteiger partial charge >= 0.3 is 12.4 Å². The molecule has 1 unspecified atom stereocenters. The molecule has 23 heavy (non-hydrogen) atoms. The van der Waals surface area contributed by atoms with Crippen LogP contribution in [0.5, 0.6) is 0 Å². The van der Waals surface area contributed by atoms with E-state index in [1.165, 1.54) is 12.1 Å². The SMILES string of the molecule is OC(c1cccc(Cl)c1)(c1cccc(C(F)(F)F)c1)C(F)(F)F. The van der Waals surface area contributed by atoms with E-state index >= 15 is 0 Å². The van der Waals surface area contributed by atoms with Crippen LogP contribution in [0.4, 0.5) is 26.3 Å². The van der Waals surface area contributed by atoms with Crippen LogP contribution in [0.1, 0.15) is 16.7 Å². The number of benzene rings is 2. The van der Waals surface area contributed by atoms with E-state index in [2.05, 4.69) is 0 Å². The van der Waals surface area contributed by atoms with Crippen molar-refractivity contribution in [3.05, 3.63) is 70.2 Å². The Hall–Kier alpha value is -1.73. The summed E-state index contributed by atoms with van der Waals surface area (Å²) < 4.78 is 78.6. The summed E-state index contributed by atoms with van der Waals surface area (Å²) in [7, 11) is 0. The molecule has 0 heterocycles. The minimum absolute atomic E-state index is 0.0860. The lowest BCUT2D eigenvalue weighted by molar-refractivity contribution is -0.248. The summed E-state index contributed by atoms with van der Waals surface area (Å²) in [6.45, 7) is 0. The van der Waals surface area contributed by atoms with Crippen LogP contribution in [-0.4, -0.2) is 11.3 Å². The van der Waals surface area contributed by atoms with Crippen molar-refractivity contribution >= 4 is 11.6 Å². The van der Waals surface area contributed by atoms with Crippen LogP contribution in [0, 0.1) is 0 Å². The maximum Gasteiger partial charge on any atom is 0.425 e. The maximum atomic E-state index is 13.5. The van der Waals surface area contributed by atoms with Gasteiger partial charge in [0, 0.05) is 5.02 Å². The van der Waals surface area contributed by atoms with Crippen molar-refractivity contribution < 1.29 is 31.4 Å². The standard InChI is InChI=1S/C15H9ClF6O/c16-12-6-2-4-10(8-12)13(23,15(20,21)22)9-3-1-5-11(7-9)14(17,18)19/h1-8,23H. The summed E-state index contributed by atoms with van der Waals surface area (Å²) in [6.07, 6.45) is -10.1. The van der Waals surface area contributed by atoms with Crippen molar-refractivity contribution in [3.63, 3.8) is 0 Å². The Kier molecular flexibility index (Phi) is 4.38. The molecule has 0 aromatic heterocycles. The van der Waals surface area contributed by atoms with Crippen LogP contribution >= 0.6 is 11.6 Å². The van der Waals surface area contributed by atoms with E-state index in [1.807, 2.05) is 0 Å². The lowest BCUT2D eigenvalue weighted by Crippen LogP contribution is -2.43. The van der Waals surface area contributed by atoms with E-state index in [0.29, 0.717) is 6.07 Å². The highest BCUT2D eigenvalue weighted by Crippen LogP contribution is 2.45. The summed E-state index contributed by atoms with van der Waals surface area (Å²) in [5.74, 6) is 0. The number of hydrogen-bond acceptors (Lipinski definition) is 1. The fourth-order valence-corrected chi connectivity index (χ4v) is 2.32. The number of aliphatic hydroxyl groups is 1. The number of alkyl halides is 6. The van der Waals surface area contributed by atoms with Gasteiger partial charge in [-0.1, -0.05) is 35.9 Å². The van der Waals surface area contributed by atoms with Crippen LogP contribution in [0.2, 0.25) is 5.02 Å². The van der Waals surface area contributed by atoms with Gasteiger partial charge in [0.15, 0.2) is 0 Å². The summed E-state index contributed by atoms with van der Waals surface area (Å²) in [4.78, 5) is 0. The predicted molar refractivity (Wildman–Crippen MR) is 71.9 cm³/mol. The van der Waals surface area contributed by atoms with E-state index in [1.54, 1.807) is 0 Å². The fraction of sp³-hybridized carbons (Fsp3) is 0.200. The van der Waals surface area contributed by atoms with Gasteiger partial charge < -0.3 is 5.11 Å². The average molecular weight is 355 g/mol. The van der Waals surface area contributed by atoms with Gasteiger partial charge in [-0.05, 0) is 35.4 Å². The molecule has 2 aromatic rings. The third kappa shape index (κ3) is 3.30. The van der Waals surface area contributed by atoms with Crippen LogP contribution in [0.3, 0.4) is 0 Å². The Bertz CT molecular complexity index is 710. The summed E-state index contributed by atoms with van der Waals surface area (Å²) in [5, 5.41) is 10.2. The first-order valence-corrected chi connectivity index (χ1v) is 6.57. The maximum absolute atomic E-state index is 13.5. The van der Waals surface area contributed by atoms with Gasteiger partial charge in [0.25, 0.3) is 0 Å². The zero-order chi connectivity index (χ0) is 17.5.